The molecule has 0 fully saturated rings. The highest BCUT2D eigenvalue weighted by Gasteiger charge is 2.16. The number of thiazole rings is 1. The van der Waals surface area contributed by atoms with Gasteiger partial charge in [-0.1, -0.05) is 52.7 Å². The Morgan fingerprint density at radius 3 is 2.88 bits per heavy atom. The molecule has 1 heterocycles. The summed E-state index contributed by atoms with van der Waals surface area (Å²) in [5.74, 6) is 0.664. The SMILES string of the molecule is CC(C)COc1ccc(Br)cc1C(=O)Nc1nc2ccc(Cl)cc2s1. The maximum absolute atomic E-state index is 12.7. The van der Waals surface area contributed by atoms with Crippen LogP contribution in [0.15, 0.2) is 40.9 Å². The Bertz CT molecular complexity index is 927. The zero-order chi connectivity index (χ0) is 18.0. The molecule has 130 valence electrons. The fraction of sp³-hybridized carbons (Fsp3) is 0.222. The number of fused-ring (bicyclic) bond motifs is 1. The molecule has 3 aromatic rings. The summed E-state index contributed by atoms with van der Waals surface area (Å²) in [6, 6.07) is 10.8. The standard InChI is InChI=1S/C18H16BrClN2O2S/c1-10(2)9-24-15-6-3-11(19)7-13(15)17(23)22-18-21-14-5-4-12(20)8-16(14)25-18/h3-8,10H,9H2,1-2H3,(H,21,22,23). The predicted octanol–water partition coefficient (Wildman–Crippen LogP) is 6.00. The van der Waals surface area contributed by atoms with Gasteiger partial charge in [0.15, 0.2) is 5.13 Å². The van der Waals surface area contributed by atoms with Gasteiger partial charge in [0.05, 0.1) is 22.4 Å². The third-order valence-corrected chi connectivity index (χ3v) is 4.99. The number of aromatic nitrogens is 1. The number of carbonyl (C=O) groups excluding carboxylic acids is 1. The number of nitrogens with one attached hydrogen (secondary N) is 1. The lowest BCUT2D eigenvalue weighted by Crippen LogP contribution is -2.15. The highest BCUT2D eigenvalue weighted by Crippen LogP contribution is 2.30. The monoisotopic (exact) mass is 438 g/mol. The molecule has 0 bridgehead atoms. The molecule has 4 nitrogen and oxygen atoms in total. The third-order valence-electron chi connectivity index (χ3n) is 3.33. The van der Waals surface area contributed by atoms with Crippen LogP contribution in [0.4, 0.5) is 5.13 Å². The third kappa shape index (κ3) is 4.51. The first kappa shape index (κ1) is 18.2. The van der Waals surface area contributed by atoms with E-state index in [-0.39, 0.29) is 5.91 Å². The molecular weight excluding hydrogens is 424 g/mol. The van der Waals surface area contributed by atoms with Crippen molar-refractivity contribution >= 4 is 60.1 Å². The van der Waals surface area contributed by atoms with Gasteiger partial charge >= 0.3 is 0 Å². The van der Waals surface area contributed by atoms with Gasteiger partial charge < -0.3 is 4.74 Å². The zero-order valence-corrected chi connectivity index (χ0v) is 16.8. The second-order valence-corrected chi connectivity index (χ2v) is 8.31. The zero-order valence-electron chi connectivity index (χ0n) is 13.7. The van der Waals surface area contributed by atoms with E-state index in [4.69, 9.17) is 16.3 Å². The number of hydrogen-bond acceptors (Lipinski definition) is 4. The van der Waals surface area contributed by atoms with E-state index in [2.05, 4.69) is 40.1 Å². The summed E-state index contributed by atoms with van der Waals surface area (Å²) >= 11 is 10.8. The average molecular weight is 440 g/mol. The summed E-state index contributed by atoms with van der Waals surface area (Å²) in [5, 5.41) is 4.02. The Morgan fingerprint density at radius 1 is 1.32 bits per heavy atom. The van der Waals surface area contributed by atoms with Gasteiger partial charge in [-0.2, -0.15) is 0 Å². The number of ether oxygens (including phenoxy) is 1. The second-order valence-electron chi connectivity index (χ2n) is 5.93. The summed E-state index contributed by atoms with van der Waals surface area (Å²) in [7, 11) is 0. The van der Waals surface area contributed by atoms with E-state index in [1.807, 2.05) is 18.2 Å². The number of hydrogen-bond donors (Lipinski definition) is 1. The molecule has 0 unspecified atom stereocenters. The minimum Gasteiger partial charge on any atom is -0.492 e. The van der Waals surface area contributed by atoms with E-state index in [0.717, 1.165) is 14.7 Å². The van der Waals surface area contributed by atoms with Crippen LogP contribution in [0.1, 0.15) is 24.2 Å². The molecule has 0 spiro atoms. The van der Waals surface area contributed by atoms with E-state index < -0.39 is 0 Å². The molecule has 7 heteroatoms. The number of anilines is 1. The van der Waals surface area contributed by atoms with E-state index >= 15 is 0 Å². The Balaban J connectivity index is 1.85. The van der Waals surface area contributed by atoms with Gasteiger partial charge in [-0.25, -0.2) is 4.98 Å². The highest BCUT2D eigenvalue weighted by atomic mass is 79.9. The van der Waals surface area contributed by atoms with Crippen LogP contribution in [-0.4, -0.2) is 17.5 Å². The summed E-state index contributed by atoms with van der Waals surface area (Å²) in [4.78, 5) is 17.1. The van der Waals surface area contributed by atoms with Crippen LogP contribution >= 0.6 is 38.9 Å². The van der Waals surface area contributed by atoms with Crippen LogP contribution in [-0.2, 0) is 0 Å². The Morgan fingerprint density at radius 2 is 2.12 bits per heavy atom. The summed E-state index contributed by atoms with van der Waals surface area (Å²) in [5.41, 5.74) is 1.27. The van der Waals surface area contributed by atoms with Crippen molar-refractivity contribution < 1.29 is 9.53 Å². The number of benzene rings is 2. The number of nitrogens with zero attached hydrogens (tertiary/aromatic N) is 1. The van der Waals surface area contributed by atoms with E-state index in [0.29, 0.717) is 34.0 Å². The van der Waals surface area contributed by atoms with Gasteiger partial charge in [0.2, 0.25) is 0 Å². The molecule has 0 saturated carbocycles. The van der Waals surface area contributed by atoms with E-state index in [9.17, 15) is 4.79 Å². The van der Waals surface area contributed by atoms with Gasteiger partial charge in [0.25, 0.3) is 5.91 Å². The lowest BCUT2D eigenvalue weighted by atomic mass is 10.2. The van der Waals surface area contributed by atoms with Crippen LogP contribution in [0.2, 0.25) is 5.02 Å². The molecule has 25 heavy (non-hydrogen) atoms. The first-order valence-electron chi connectivity index (χ1n) is 7.72. The highest BCUT2D eigenvalue weighted by molar-refractivity contribution is 9.10. The first-order valence-corrected chi connectivity index (χ1v) is 9.71. The van der Waals surface area contributed by atoms with Crippen molar-refractivity contribution in [1.82, 2.24) is 4.98 Å². The maximum atomic E-state index is 12.7. The van der Waals surface area contributed by atoms with E-state index in [1.54, 1.807) is 18.2 Å². The molecule has 0 saturated heterocycles. The van der Waals surface area contributed by atoms with Gasteiger partial charge in [0.1, 0.15) is 5.75 Å². The molecule has 0 atom stereocenters. The normalized spacial score (nSPS) is 11.1. The summed E-state index contributed by atoms with van der Waals surface area (Å²) in [6.45, 7) is 4.66. The Labute approximate surface area is 163 Å². The number of rotatable bonds is 5. The summed E-state index contributed by atoms with van der Waals surface area (Å²) in [6.07, 6.45) is 0. The quantitative estimate of drug-likeness (QED) is 0.530. The molecule has 0 aliphatic rings. The first-order chi connectivity index (χ1) is 11.9. The van der Waals surface area contributed by atoms with Crippen molar-refractivity contribution in [3.8, 4) is 5.75 Å². The molecule has 1 amide bonds. The van der Waals surface area contributed by atoms with Crippen molar-refractivity contribution in [3.05, 3.63) is 51.5 Å². The van der Waals surface area contributed by atoms with Crippen LogP contribution in [0.3, 0.4) is 0 Å². The van der Waals surface area contributed by atoms with Crippen molar-refractivity contribution in [2.75, 3.05) is 11.9 Å². The van der Waals surface area contributed by atoms with Crippen molar-refractivity contribution in [2.45, 2.75) is 13.8 Å². The van der Waals surface area contributed by atoms with E-state index in [1.165, 1.54) is 11.3 Å². The van der Waals surface area contributed by atoms with Crippen LogP contribution < -0.4 is 10.1 Å². The smallest absolute Gasteiger partial charge is 0.261 e. The van der Waals surface area contributed by atoms with Gasteiger partial charge in [-0.15, -0.1) is 0 Å². The lowest BCUT2D eigenvalue weighted by Gasteiger charge is -2.13. The molecule has 2 aromatic carbocycles. The van der Waals surface area contributed by atoms with Gasteiger partial charge in [-0.05, 0) is 42.3 Å². The predicted molar refractivity (Wildman–Crippen MR) is 107 cm³/mol. The molecular formula is C18H16BrClN2O2S. The number of amides is 1. The van der Waals surface area contributed by atoms with Gasteiger partial charge in [-0.3, -0.25) is 10.1 Å². The van der Waals surface area contributed by atoms with Crippen LogP contribution in [0, 0.1) is 5.92 Å². The minimum absolute atomic E-state index is 0.259. The lowest BCUT2D eigenvalue weighted by molar-refractivity contribution is 0.102. The molecule has 1 aromatic heterocycles. The van der Waals surface area contributed by atoms with Crippen molar-refractivity contribution in [1.29, 1.82) is 0 Å². The molecule has 1 N–H and O–H groups in total. The number of halogens is 2. The second kappa shape index (κ2) is 7.72. The fourth-order valence-electron chi connectivity index (χ4n) is 2.18. The largest absolute Gasteiger partial charge is 0.492 e. The average Bonchev–Trinajstić information content (AvgIpc) is 2.94. The molecule has 0 aliphatic heterocycles. The summed E-state index contributed by atoms with van der Waals surface area (Å²) < 4.78 is 7.51. The Kier molecular flexibility index (Phi) is 5.61. The minimum atomic E-state index is -0.259. The molecule has 0 aliphatic carbocycles. The maximum Gasteiger partial charge on any atom is 0.261 e. The number of carbonyl (C=O) groups is 1. The Hall–Kier alpha value is -1.63. The fourth-order valence-corrected chi connectivity index (χ4v) is 3.68. The van der Waals surface area contributed by atoms with Gasteiger partial charge in [0, 0.05) is 9.50 Å². The molecule has 0 radical (unpaired) electrons. The van der Waals surface area contributed by atoms with Crippen molar-refractivity contribution in [2.24, 2.45) is 5.92 Å². The molecule has 3 rings (SSSR count). The van der Waals surface area contributed by atoms with Crippen molar-refractivity contribution in [3.63, 3.8) is 0 Å². The topological polar surface area (TPSA) is 51.2 Å². The van der Waals surface area contributed by atoms with Crippen LogP contribution in [0.5, 0.6) is 5.75 Å². The van der Waals surface area contributed by atoms with Crippen LogP contribution in [0.25, 0.3) is 10.2 Å².